The molecule has 0 heterocycles. The number of nitrogens with one attached hydrogen (secondary N) is 1. The topological polar surface area (TPSA) is 21.3 Å². The molecule has 0 bridgehead atoms. The van der Waals surface area contributed by atoms with E-state index in [4.69, 9.17) is 4.74 Å². The SMILES string of the molecule is CC(C)c1ccc(OCCNC(C)C(C)C)cc1. The Morgan fingerprint density at radius 3 is 2.11 bits per heavy atom. The van der Waals surface area contributed by atoms with E-state index in [2.05, 4.69) is 64.2 Å². The third kappa shape index (κ3) is 5.09. The molecule has 0 aromatic heterocycles. The smallest absolute Gasteiger partial charge is 0.119 e. The lowest BCUT2D eigenvalue weighted by molar-refractivity contribution is 0.297. The predicted octanol–water partition coefficient (Wildman–Crippen LogP) is 3.82. The monoisotopic (exact) mass is 249 g/mol. The van der Waals surface area contributed by atoms with Crippen LogP contribution in [-0.4, -0.2) is 19.2 Å². The third-order valence-corrected chi connectivity index (χ3v) is 3.38. The first-order chi connectivity index (χ1) is 8.50. The van der Waals surface area contributed by atoms with Gasteiger partial charge in [0.25, 0.3) is 0 Å². The summed E-state index contributed by atoms with van der Waals surface area (Å²) in [5, 5.41) is 3.46. The van der Waals surface area contributed by atoms with Crippen LogP contribution in [0.4, 0.5) is 0 Å². The third-order valence-electron chi connectivity index (χ3n) is 3.38. The van der Waals surface area contributed by atoms with Crippen molar-refractivity contribution in [2.24, 2.45) is 5.92 Å². The van der Waals surface area contributed by atoms with Crippen LogP contribution in [0, 0.1) is 5.92 Å². The number of hydrogen-bond donors (Lipinski definition) is 1. The van der Waals surface area contributed by atoms with Gasteiger partial charge >= 0.3 is 0 Å². The predicted molar refractivity (Wildman–Crippen MR) is 78.3 cm³/mol. The lowest BCUT2D eigenvalue weighted by Crippen LogP contribution is -2.33. The number of benzene rings is 1. The van der Waals surface area contributed by atoms with Crippen molar-refractivity contribution in [3.8, 4) is 5.75 Å². The van der Waals surface area contributed by atoms with Gasteiger partial charge in [-0.3, -0.25) is 0 Å². The Hall–Kier alpha value is -1.02. The van der Waals surface area contributed by atoms with Crippen LogP contribution in [0.2, 0.25) is 0 Å². The van der Waals surface area contributed by atoms with Crippen molar-refractivity contribution in [3.63, 3.8) is 0 Å². The molecule has 0 aliphatic carbocycles. The molecule has 1 aromatic carbocycles. The summed E-state index contributed by atoms with van der Waals surface area (Å²) in [6.45, 7) is 12.7. The van der Waals surface area contributed by atoms with E-state index in [1.54, 1.807) is 0 Å². The van der Waals surface area contributed by atoms with Crippen LogP contribution in [0.3, 0.4) is 0 Å². The normalized spacial score (nSPS) is 13.1. The second-order valence-corrected chi connectivity index (χ2v) is 5.56. The maximum atomic E-state index is 5.71. The fraction of sp³-hybridized carbons (Fsp3) is 0.625. The quantitative estimate of drug-likeness (QED) is 0.742. The summed E-state index contributed by atoms with van der Waals surface area (Å²) < 4.78 is 5.71. The van der Waals surface area contributed by atoms with Gasteiger partial charge < -0.3 is 10.1 Å². The molecule has 2 heteroatoms. The molecule has 1 unspecified atom stereocenters. The molecule has 0 fully saturated rings. The fourth-order valence-corrected chi connectivity index (χ4v) is 1.64. The standard InChI is InChI=1S/C16H27NO/c1-12(2)14(5)17-10-11-18-16-8-6-15(7-9-16)13(3)4/h6-9,12-14,17H,10-11H2,1-5H3. The molecule has 1 aromatic rings. The average molecular weight is 249 g/mol. The van der Waals surface area contributed by atoms with Crippen molar-refractivity contribution < 1.29 is 4.74 Å². The van der Waals surface area contributed by atoms with Crippen LogP contribution in [0.25, 0.3) is 0 Å². The van der Waals surface area contributed by atoms with E-state index in [0.29, 0.717) is 17.9 Å². The number of rotatable bonds is 7. The molecule has 0 amide bonds. The summed E-state index contributed by atoms with van der Waals surface area (Å²) >= 11 is 0. The second-order valence-electron chi connectivity index (χ2n) is 5.56. The highest BCUT2D eigenvalue weighted by molar-refractivity contribution is 5.28. The molecule has 0 aliphatic rings. The van der Waals surface area contributed by atoms with Crippen molar-refractivity contribution in [1.29, 1.82) is 0 Å². The van der Waals surface area contributed by atoms with Gasteiger partial charge in [-0.05, 0) is 36.5 Å². The van der Waals surface area contributed by atoms with E-state index in [0.717, 1.165) is 18.9 Å². The zero-order valence-electron chi connectivity index (χ0n) is 12.4. The minimum Gasteiger partial charge on any atom is -0.492 e. The van der Waals surface area contributed by atoms with Crippen molar-refractivity contribution in [1.82, 2.24) is 5.32 Å². The zero-order chi connectivity index (χ0) is 13.5. The second kappa shape index (κ2) is 7.42. The van der Waals surface area contributed by atoms with Crippen LogP contribution < -0.4 is 10.1 Å². The van der Waals surface area contributed by atoms with Gasteiger partial charge in [0.05, 0.1) is 0 Å². The van der Waals surface area contributed by atoms with Crippen molar-refractivity contribution in [2.75, 3.05) is 13.2 Å². The Bertz CT molecular complexity index is 329. The largest absolute Gasteiger partial charge is 0.492 e. The summed E-state index contributed by atoms with van der Waals surface area (Å²) in [4.78, 5) is 0. The molecule has 0 aliphatic heterocycles. The molecule has 0 saturated heterocycles. The maximum Gasteiger partial charge on any atom is 0.119 e. The molecule has 0 radical (unpaired) electrons. The Kier molecular flexibility index (Phi) is 6.20. The molecule has 2 nitrogen and oxygen atoms in total. The molecule has 0 spiro atoms. The number of ether oxygens (including phenoxy) is 1. The van der Waals surface area contributed by atoms with E-state index < -0.39 is 0 Å². The molecular weight excluding hydrogens is 222 g/mol. The van der Waals surface area contributed by atoms with E-state index in [-0.39, 0.29) is 0 Å². The highest BCUT2D eigenvalue weighted by Gasteiger charge is 2.05. The van der Waals surface area contributed by atoms with Crippen molar-refractivity contribution in [3.05, 3.63) is 29.8 Å². The highest BCUT2D eigenvalue weighted by atomic mass is 16.5. The molecule has 18 heavy (non-hydrogen) atoms. The van der Waals surface area contributed by atoms with Gasteiger partial charge in [0.15, 0.2) is 0 Å². The molecule has 1 atom stereocenters. The minimum atomic E-state index is 0.539. The van der Waals surface area contributed by atoms with E-state index in [1.807, 2.05) is 0 Å². The van der Waals surface area contributed by atoms with Gasteiger partial charge in [0, 0.05) is 12.6 Å². The number of hydrogen-bond acceptors (Lipinski definition) is 2. The fourth-order valence-electron chi connectivity index (χ4n) is 1.64. The van der Waals surface area contributed by atoms with Crippen molar-refractivity contribution in [2.45, 2.75) is 46.6 Å². The summed E-state index contributed by atoms with van der Waals surface area (Å²) in [5.41, 5.74) is 1.36. The first-order valence-corrected chi connectivity index (χ1v) is 6.97. The Balaban J connectivity index is 2.27. The van der Waals surface area contributed by atoms with Gasteiger partial charge in [-0.25, -0.2) is 0 Å². The highest BCUT2D eigenvalue weighted by Crippen LogP contribution is 2.18. The average Bonchev–Trinajstić information content (AvgIpc) is 2.34. The molecule has 1 N–H and O–H groups in total. The first kappa shape index (κ1) is 15.0. The van der Waals surface area contributed by atoms with Crippen LogP contribution in [0.15, 0.2) is 24.3 Å². The van der Waals surface area contributed by atoms with Gasteiger partial charge in [0.2, 0.25) is 0 Å². The molecular formula is C16H27NO. The summed E-state index contributed by atoms with van der Waals surface area (Å²) in [5.74, 6) is 2.20. The van der Waals surface area contributed by atoms with E-state index in [1.165, 1.54) is 5.56 Å². The van der Waals surface area contributed by atoms with Gasteiger partial charge in [-0.15, -0.1) is 0 Å². The summed E-state index contributed by atoms with van der Waals surface area (Å²) in [6, 6.07) is 8.94. The van der Waals surface area contributed by atoms with Gasteiger partial charge in [0.1, 0.15) is 12.4 Å². The Morgan fingerprint density at radius 1 is 1.00 bits per heavy atom. The van der Waals surface area contributed by atoms with Gasteiger partial charge in [-0.2, -0.15) is 0 Å². The lowest BCUT2D eigenvalue weighted by Gasteiger charge is -2.17. The van der Waals surface area contributed by atoms with E-state index >= 15 is 0 Å². The summed E-state index contributed by atoms with van der Waals surface area (Å²) in [6.07, 6.45) is 0. The molecule has 102 valence electrons. The maximum absolute atomic E-state index is 5.71. The molecule has 0 saturated carbocycles. The van der Waals surface area contributed by atoms with Crippen LogP contribution in [-0.2, 0) is 0 Å². The van der Waals surface area contributed by atoms with Crippen LogP contribution in [0.1, 0.15) is 46.1 Å². The zero-order valence-corrected chi connectivity index (χ0v) is 12.4. The Morgan fingerprint density at radius 2 is 1.61 bits per heavy atom. The molecule has 1 rings (SSSR count). The minimum absolute atomic E-state index is 0.539. The Labute approximate surface area is 112 Å². The van der Waals surface area contributed by atoms with Crippen molar-refractivity contribution >= 4 is 0 Å². The van der Waals surface area contributed by atoms with Crippen LogP contribution >= 0.6 is 0 Å². The summed E-state index contributed by atoms with van der Waals surface area (Å²) in [7, 11) is 0. The lowest BCUT2D eigenvalue weighted by atomic mass is 10.0. The first-order valence-electron chi connectivity index (χ1n) is 6.97. The van der Waals surface area contributed by atoms with Crippen LogP contribution in [0.5, 0.6) is 5.75 Å². The van der Waals surface area contributed by atoms with E-state index in [9.17, 15) is 0 Å². The van der Waals surface area contributed by atoms with Gasteiger partial charge in [-0.1, -0.05) is 39.8 Å².